The molecule has 0 aliphatic heterocycles. The summed E-state index contributed by atoms with van der Waals surface area (Å²) in [4.78, 5) is 23.0. The Labute approximate surface area is 160 Å². The van der Waals surface area contributed by atoms with E-state index in [1.54, 1.807) is 0 Å². The first-order valence-electron chi connectivity index (χ1n) is 10.7. The molecule has 0 aromatic carbocycles. The number of nitrogens with one attached hydrogen (secondary N) is 1. The summed E-state index contributed by atoms with van der Waals surface area (Å²) in [5, 5.41) is 11.8. The molecule has 0 saturated heterocycles. The number of hydrogen-bond donors (Lipinski definition) is 3. The van der Waals surface area contributed by atoms with Crippen LogP contribution in [-0.2, 0) is 9.59 Å². The number of unbranched alkanes of at least 4 members (excludes halogenated alkanes) is 9. The van der Waals surface area contributed by atoms with Crippen molar-refractivity contribution in [2.24, 2.45) is 11.7 Å². The summed E-state index contributed by atoms with van der Waals surface area (Å²) in [5.41, 5.74) is 5.41. The molecule has 0 spiro atoms. The highest BCUT2D eigenvalue weighted by molar-refractivity contribution is 5.83. The molecule has 0 saturated carbocycles. The van der Waals surface area contributed by atoms with Crippen LogP contribution in [0.5, 0.6) is 0 Å². The van der Waals surface area contributed by atoms with E-state index in [4.69, 9.17) is 10.8 Å². The third kappa shape index (κ3) is 16.4. The van der Waals surface area contributed by atoms with Crippen molar-refractivity contribution in [3.05, 3.63) is 0 Å². The number of nitrogens with two attached hydrogens (primary N) is 1. The maximum Gasteiger partial charge on any atom is 0.326 e. The number of amides is 1. The van der Waals surface area contributed by atoms with Crippen LogP contribution in [0.25, 0.3) is 0 Å². The van der Waals surface area contributed by atoms with Crippen LogP contribution in [0.3, 0.4) is 0 Å². The monoisotopic (exact) mass is 370 g/mol. The molecular formula is C21H42N2O3. The highest BCUT2D eigenvalue weighted by Crippen LogP contribution is 2.13. The lowest BCUT2D eigenvalue weighted by molar-refractivity contribution is -0.142. The molecule has 0 aromatic rings. The van der Waals surface area contributed by atoms with Gasteiger partial charge >= 0.3 is 5.97 Å². The average Bonchev–Trinajstić information content (AvgIpc) is 2.58. The van der Waals surface area contributed by atoms with Gasteiger partial charge in [-0.1, -0.05) is 71.6 Å². The molecule has 1 amide bonds. The van der Waals surface area contributed by atoms with Crippen molar-refractivity contribution in [2.75, 3.05) is 6.54 Å². The summed E-state index contributed by atoms with van der Waals surface area (Å²) in [5.74, 6) is -0.275. The van der Waals surface area contributed by atoms with Crippen LogP contribution in [-0.4, -0.2) is 29.6 Å². The quantitative estimate of drug-likeness (QED) is 0.307. The molecule has 0 fully saturated rings. The summed E-state index contributed by atoms with van der Waals surface area (Å²) >= 11 is 0. The number of rotatable bonds is 18. The first kappa shape index (κ1) is 24.9. The second-order valence-corrected chi connectivity index (χ2v) is 7.86. The molecular weight excluding hydrogens is 328 g/mol. The van der Waals surface area contributed by atoms with Crippen LogP contribution in [0, 0.1) is 5.92 Å². The van der Waals surface area contributed by atoms with Crippen molar-refractivity contribution in [3.8, 4) is 0 Å². The maximum atomic E-state index is 11.9. The number of carboxylic acid groups (broad SMARTS) is 1. The van der Waals surface area contributed by atoms with E-state index < -0.39 is 12.0 Å². The van der Waals surface area contributed by atoms with Gasteiger partial charge in [-0.2, -0.15) is 0 Å². The zero-order valence-corrected chi connectivity index (χ0v) is 17.1. The molecule has 4 N–H and O–H groups in total. The van der Waals surface area contributed by atoms with Crippen LogP contribution >= 0.6 is 0 Å². The Morgan fingerprint density at radius 3 is 1.81 bits per heavy atom. The maximum absolute atomic E-state index is 11.9. The van der Waals surface area contributed by atoms with E-state index in [1.807, 2.05) is 0 Å². The van der Waals surface area contributed by atoms with E-state index in [1.165, 1.54) is 44.9 Å². The smallest absolute Gasteiger partial charge is 0.326 e. The Balaban J connectivity index is 3.53. The molecule has 0 radical (unpaired) electrons. The normalized spacial score (nSPS) is 12.3. The van der Waals surface area contributed by atoms with Crippen LogP contribution in [0.1, 0.15) is 104 Å². The molecule has 26 heavy (non-hydrogen) atoms. The number of aliphatic carboxylic acids is 1. The highest BCUT2D eigenvalue weighted by Gasteiger charge is 2.18. The zero-order valence-electron chi connectivity index (χ0n) is 17.1. The van der Waals surface area contributed by atoms with Crippen molar-refractivity contribution in [2.45, 2.75) is 110 Å². The van der Waals surface area contributed by atoms with Crippen molar-refractivity contribution in [1.29, 1.82) is 0 Å². The molecule has 0 unspecified atom stereocenters. The number of hydrogen-bond acceptors (Lipinski definition) is 3. The van der Waals surface area contributed by atoms with Gasteiger partial charge in [0.2, 0.25) is 5.91 Å². The molecule has 0 aliphatic rings. The van der Waals surface area contributed by atoms with Crippen LogP contribution in [0.4, 0.5) is 0 Å². The minimum atomic E-state index is -0.955. The molecule has 5 nitrogen and oxygen atoms in total. The predicted molar refractivity (Wildman–Crippen MR) is 108 cm³/mol. The van der Waals surface area contributed by atoms with Crippen LogP contribution in [0.2, 0.25) is 0 Å². The Morgan fingerprint density at radius 2 is 1.31 bits per heavy atom. The van der Waals surface area contributed by atoms with Gasteiger partial charge in [0.15, 0.2) is 0 Å². The standard InChI is InChI=1S/C21H42N2O3/c1-18(2)14-10-8-6-4-3-5-7-9-11-16-20(24)23-19(21(25)26)15-12-13-17-22/h18-19H,3-17,22H2,1-2H3,(H,23,24)(H,25,26)/t19-/m0/s1. The molecule has 0 aliphatic carbocycles. The Bertz CT molecular complexity index is 359. The highest BCUT2D eigenvalue weighted by atomic mass is 16.4. The summed E-state index contributed by atoms with van der Waals surface area (Å²) in [6.45, 7) is 5.12. The lowest BCUT2D eigenvalue weighted by Gasteiger charge is -2.14. The zero-order chi connectivity index (χ0) is 19.6. The van der Waals surface area contributed by atoms with Gasteiger partial charge in [-0.25, -0.2) is 4.79 Å². The molecule has 154 valence electrons. The SMILES string of the molecule is CC(C)CCCCCCCCCCCC(=O)N[C@@H](CCCCN)C(=O)O. The second-order valence-electron chi connectivity index (χ2n) is 7.86. The minimum Gasteiger partial charge on any atom is -0.480 e. The topological polar surface area (TPSA) is 92.4 Å². The first-order valence-corrected chi connectivity index (χ1v) is 10.7. The summed E-state index contributed by atoms with van der Waals surface area (Å²) in [6, 6.07) is -0.773. The fourth-order valence-corrected chi connectivity index (χ4v) is 3.09. The van der Waals surface area contributed by atoms with Gasteiger partial charge in [-0.3, -0.25) is 4.79 Å². The number of carbonyl (C=O) groups is 2. The van der Waals surface area contributed by atoms with Crippen molar-refractivity contribution < 1.29 is 14.7 Å². The molecule has 0 heterocycles. The lowest BCUT2D eigenvalue weighted by Crippen LogP contribution is -2.40. The van der Waals surface area contributed by atoms with Crippen LogP contribution < -0.4 is 11.1 Å². The summed E-state index contributed by atoms with van der Waals surface area (Å²) in [6.07, 6.45) is 14.7. The van der Waals surface area contributed by atoms with Crippen molar-refractivity contribution >= 4 is 11.9 Å². The molecule has 0 bridgehead atoms. The second kappa shape index (κ2) is 17.3. The predicted octanol–water partition coefficient (Wildman–Crippen LogP) is 4.63. The third-order valence-electron chi connectivity index (χ3n) is 4.77. The Hall–Kier alpha value is -1.10. The Morgan fingerprint density at radius 1 is 0.808 bits per heavy atom. The summed E-state index contributed by atoms with van der Waals surface area (Å²) < 4.78 is 0. The lowest BCUT2D eigenvalue weighted by atomic mass is 10.0. The van der Waals surface area contributed by atoms with Gasteiger partial charge in [0.05, 0.1) is 0 Å². The van der Waals surface area contributed by atoms with E-state index in [0.717, 1.165) is 38.0 Å². The summed E-state index contributed by atoms with van der Waals surface area (Å²) in [7, 11) is 0. The van der Waals surface area contributed by atoms with E-state index in [0.29, 0.717) is 19.4 Å². The fraction of sp³-hybridized carbons (Fsp3) is 0.905. The van der Waals surface area contributed by atoms with E-state index in [9.17, 15) is 9.59 Å². The van der Waals surface area contributed by atoms with Gasteiger partial charge in [0.1, 0.15) is 6.04 Å². The van der Waals surface area contributed by atoms with Gasteiger partial charge in [-0.15, -0.1) is 0 Å². The van der Waals surface area contributed by atoms with Gasteiger partial charge < -0.3 is 16.2 Å². The van der Waals surface area contributed by atoms with E-state index >= 15 is 0 Å². The van der Waals surface area contributed by atoms with Crippen molar-refractivity contribution in [3.63, 3.8) is 0 Å². The molecule has 1 atom stereocenters. The fourth-order valence-electron chi connectivity index (χ4n) is 3.09. The van der Waals surface area contributed by atoms with Gasteiger partial charge in [0, 0.05) is 6.42 Å². The molecule has 0 aromatic heterocycles. The van der Waals surface area contributed by atoms with Crippen LogP contribution in [0.15, 0.2) is 0 Å². The number of carbonyl (C=O) groups excluding carboxylic acids is 1. The average molecular weight is 371 g/mol. The molecule has 5 heteroatoms. The Kier molecular flexibility index (Phi) is 16.6. The van der Waals surface area contributed by atoms with Gasteiger partial charge in [0.25, 0.3) is 0 Å². The van der Waals surface area contributed by atoms with Gasteiger partial charge in [-0.05, 0) is 38.1 Å². The number of carboxylic acids is 1. The minimum absolute atomic E-state index is 0.143. The van der Waals surface area contributed by atoms with Crippen molar-refractivity contribution in [1.82, 2.24) is 5.32 Å². The third-order valence-corrected chi connectivity index (χ3v) is 4.77. The van der Waals surface area contributed by atoms with E-state index in [2.05, 4.69) is 19.2 Å². The molecule has 0 rings (SSSR count). The van der Waals surface area contributed by atoms with E-state index in [-0.39, 0.29) is 5.91 Å². The first-order chi connectivity index (χ1) is 12.5. The largest absolute Gasteiger partial charge is 0.480 e.